The molecule has 2 N–H and O–H groups in total. The van der Waals surface area contributed by atoms with E-state index in [1.165, 1.54) is 21.2 Å². The summed E-state index contributed by atoms with van der Waals surface area (Å²) in [7, 11) is 0. The second kappa shape index (κ2) is 3.43. The van der Waals surface area contributed by atoms with Gasteiger partial charge >= 0.3 is 0 Å². The van der Waals surface area contributed by atoms with E-state index in [0.717, 1.165) is 5.03 Å². The number of hydrogen-bond donors (Lipinski definition) is 1. The normalized spacial score (nSPS) is 29.2. The summed E-state index contributed by atoms with van der Waals surface area (Å²) < 4.78 is 1.36. The first kappa shape index (κ1) is 10.7. The highest BCUT2D eigenvalue weighted by atomic mass is 32.2. The molecule has 1 aliphatic heterocycles. The van der Waals surface area contributed by atoms with Gasteiger partial charge in [-0.2, -0.15) is 0 Å². The van der Waals surface area contributed by atoms with Gasteiger partial charge in [0.1, 0.15) is 0 Å². The Morgan fingerprint density at radius 2 is 2.17 bits per heavy atom. The van der Waals surface area contributed by atoms with Crippen molar-refractivity contribution < 1.29 is 0 Å². The first-order valence-electron chi connectivity index (χ1n) is 6.02. The van der Waals surface area contributed by atoms with Gasteiger partial charge in [0.05, 0.1) is 5.03 Å². The largest absolute Gasteiger partial charge is 0.394 e. The molecule has 0 amide bonds. The minimum atomic E-state index is 0.0506. The van der Waals surface area contributed by atoms with Gasteiger partial charge in [0, 0.05) is 15.4 Å². The molecule has 4 rings (SSSR count). The van der Waals surface area contributed by atoms with E-state index in [0.29, 0.717) is 5.25 Å². The molecule has 0 radical (unpaired) electrons. The summed E-state index contributed by atoms with van der Waals surface area (Å²) in [5.74, 6) is 0. The Balaban J connectivity index is 2.06. The lowest BCUT2D eigenvalue weighted by Gasteiger charge is -2.33. The fraction of sp³-hybridized carbons (Fsp3) is 0.200. The van der Waals surface area contributed by atoms with Crippen molar-refractivity contribution in [2.45, 2.75) is 17.6 Å². The van der Waals surface area contributed by atoms with Gasteiger partial charge in [0.15, 0.2) is 0 Å². The monoisotopic (exact) mass is 271 g/mol. The van der Waals surface area contributed by atoms with Crippen LogP contribution in [0.5, 0.6) is 0 Å². The van der Waals surface area contributed by atoms with Crippen LogP contribution in [0.25, 0.3) is 16.2 Å². The molecule has 1 nitrogen and oxygen atoms in total. The van der Waals surface area contributed by atoms with Crippen molar-refractivity contribution in [1.29, 1.82) is 0 Å². The number of hydrogen-bond acceptors (Lipinski definition) is 3. The summed E-state index contributed by atoms with van der Waals surface area (Å²) in [6, 6.07) is 6.75. The molecule has 2 unspecified atom stereocenters. The summed E-state index contributed by atoms with van der Waals surface area (Å²) in [5.41, 5.74) is 8.86. The fourth-order valence-electron chi connectivity index (χ4n) is 3.05. The SMILES string of the molecule is CC12C=C(N)SC1C=Cc1c2ccc2sccc12. The molecule has 0 spiro atoms. The van der Waals surface area contributed by atoms with Crippen LogP contribution in [-0.2, 0) is 5.41 Å². The Hall–Kier alpha value is -1.19. The molecule has 0 fully saturated rings. The second-order valence-electron chi connectivity index (χ2n) is 5.09. The minimum Gasteiger partial charge on any atom is -0.394 e. The molecule has 0 saturated carbocycles. The van der Waals surface area contributed by atoms with E-state index in [2.05, 4.69) is 48.7 Å². The van der Waals surface area contributed by atoms with Crippen molar-refractivity contribution in [3.05, 3.63) is 51.9 Å². The Morgan fingerprint density at radius 3 is 3.06 bits per heavy atom. The predicted octanol–water partition coefficient (Wildman–Crippen LogP) is 4.10. The first-order chi connectivity index (χ1) is 8.68. The summed E-state index contributed by atoms with van der Waals surface area (Å²) in [4.78, 5) is 0. The third kappa shape index (κ3) is 1.24. The van der Waals surface area contributed by atoms with Crippen LogP contribution >= 0.6 is 23.1 Å². The predicted molar refractivity (Wildman–Crippen MR) is 81.9 cm³/mol. The molecular weight excluding hydrogens is 258 g/mol. The van der Waals surface area contributed by atoms with E-state index in [9.17, 15) is 0 Å². The van der Waals surface area contributed by atoms with Crippen molar-refractivity contribution in [2.75, 3.05) is 0 Å². The van der Waals surface area contributed by atoms with Crippen molar-refractivity contribution in [3.8, 4) is 0 Å². The zero-order valence-electron chi connectivity index (χ0n) is 10.0. The highest BCUT2D eigenvalue weighted by molar-refractivity contribution is 8.04. The maximum absolute atomic E-state index is 6.02. The minimum absolute atomic E-state index is 0.0506. The number of rotatable bonds is 0. The average Bonchev–Trinajstić information content (AvgIpc) is 2.90. The molecule has 2 atom stereocenters. The first-order valence-corrected chi connectivity index (χ1v) is 7.78. The Bertz CT molecular complexity index is 710. The second-order valence-corrected chi connectivity index (χ2v) is 7.25. The van der Waals surface area contributed by atoms with Crippen LogP contribution in [-0.4, -0.2) is 5.25 Å². The summed E-state index contributed by atoms with van der Waals surface area (Å²) in [5, 5.41) is 4.93. The van der Waals surface area contributed by atoms with Gasteiger partial charge < -0.3 is 5.73 Å². The van der Waals surface area contributed by atoms with Gasteiger partial charge in [0.2, 0.25) is 0 Å². The van der Waals surface area contributed by atoms with Crippen LogP contribution in [0, 0.1) is 0 Å². The lowest BCUT2D eigenvalue weighted by atomic mass is 9.73. The fourth-order valence-corrected chi connectivity index (χ4v) is 5.06. The maximum Gasteiger partial charge on any atom is 0.0630 e. The summed E-state index contributed by atoms with van der Waals surface area (Å²) in [6.07, 6.45) is 6.81. The molecule has 0 bridgehead atoms. The highest BCUT2D eigenvalue weighted by Gasteiger charge is 2.41. The maximum atomic E-state index is 6.02. The average molecular weight is 271 g/mol. The van der Waals surface area contributed by atoms with Crippen molar-refractivity contribution in [1.82, 2.24) is 0 Å². The standard InChI is InChI=1S/C15H13NS2/c1-15-8-14(16)18-13(15)5-2-9-10-6-7-17-12(10)4-3-11(9)15/h2-8,13H,16H2,1H3. The number of fused-ring (bicyclic) bond motifs is 5. The van der Waals surface area contributed by atoms with Gasteiger partial charge in [-0.05, 0) is 40.1 Å². The Labute approximate surface area is 114 Å². The van der Waals surface area contributed by atoms with Crippen molar-refractivity contribution in [3.63, 3.8) is 0 Å². The molecule has 2 aromatic rings. The summed E-state index contributed by atoms with van der Waals surface area (Å²) in [6.45, 7) is 2.30. The Kier molecular flexibility index (Phi) is 2.04. The van der Waals surface area contributed by atoms with E-state index < -0.39 is 0 Å². The molecular formula is C15H13NS2. The van der Waals surface area contributed by atoms with Gasteiger partial charge in [-0.15, -0.1) is 23.1 Å². The van der Waals surface area contributed by atoms with Crippen LogP contribution in [0.15, 0.2) is 40.8 Å². The molecule has 1 aromatic carbocycles. The van der Waals surface area contributed by atoms with Crippen LogP contribution < -0.4 is 5.73 Å². The van der Waals surface area contributed by atoms with E-state index in [1.54, 1.807) is 23.1 Å². The zero-order valence-corrected chi connectivity index (χ0v) is 11.6. The van der Waals surface area contributed by atoms with Crippen molar-refractivity contribution >= 4 is 39.3 Å². The van der Waals surface area contributed by atoms with Gasteiger partial charge in [-0.1, -0.05) is 25.1 Å². The third-order valence-corrected chi connectivity index (χ3v) is 6.16. The number of nitrogens with two attached hydrogens (primary N) is 1. The quantitative estimate of drug-likeness (QED) is 0.780. The van der Waals surface area contributed by atoms with E-state index in [1.807, 2.05) is 0 Å². The van der Waals surface area contributed by atoms with E-state index in [4.69, 9.17) is 5.73 Å². The number of thioether (sulfide) groups is 1. The van der Waals surface area contributed by atoms with Gasteiger partial charge in [-0.3, -0.25) is 0 Å². The number of thiophene rings is 1. The lowest BCUT2D eigenvalue weighted by molar-refractivity contribution is 0.623. The molecule has 1 aromatic heterocycles. The van der Waals surface area contributed by atoms with Crippen LogP contribution in [0.1, 0.15) is 18.1 Å². The lowest BCUT2D eigenvalue weighted by Crippen LogP contribution is -2.31. The van der Waals surface area contributed by atoms with Crippen molar-refractivity contribution in [2.24, 2.45) is 5.73 Å². The molecule has 1 aliphatic carbocycles. The van der Waals surface area contributed by atoms with E-state index in [-0.39, 0.29) is 5.41 Å². The molecule has 3 heteroatoms. The van der Waals surface area contributed by atoms with Gasteiger partial charge in [0.25, 0.3) is 0 Å². The third-order valence-electron chi connectivity index (χ3n) is 3.99. The summed E-state index contributed by atoms with van der Waals surface area (Å²) >= 11 is 3.58. The highest BCUT2D eigenvalue weighted by Crippen LogP contribution is 2.50. The molecule has 0 saturated heterocycles. The van der Waals surface area contributed by atoms with E-state index >= 15 is 0 Å². The smallest absolute Gasteiger partial charge is 0.0630 e. The number of allylic oxidation sites excluding steroid dienone is 1. The zero-order chi connectivity index (χ0) is 12.3. The number of benzene rings is 1. The van der Waals surface area contributed by atoms with Crippen LogP contribution in [0.4, 0.5) is 0 Å². The van der Waals surface area contributed by atoms with Gasteiger partial charge in [-0.25, -0.2) is 0 Å². The molecule has 2 aliphatic rings. The molecule has 90 valence electrons. The molecule has 18 heavy (non-hydrogen) atoms. The van der Waals surface area contributed by atoms with Crippen LogP contribution in [0.3, 0.4) is 0 Å². The van der Waals surface area contributed by atoms with Crippen LogP contribution in [0.2, 0.25) is 0 Å². The topological polar surface area (TPSA) is 26.0 Å². The molecule has 2 heterocycles. The Morgan fingerprint density at radius 1 is 1.28 bits per heavy atom.